The van der Waals surface area contributed by atoms with Crippen molar-refractivity contribution in [2.75, 3.05) is 25.0 Å². The number of anilines is 1. The van der Waals surface area contributed by atoms with Crippen molar-refractivity contribution in [2.24, 2.45) is 5.92 Å². The van der Waals surface area contributed by atoms with Crippen LogP contribution in [0.4, 0.5) is 10.6 Å². The third-order valence-corrected chi connectivity index (χ3v) is 5.80. The minimum absolute atomic E-state index is 0.119. The lowest BCUT2D eigenvalue weighted by Crippen LogP contribution is -2.39. The lowest BCUT2D eigenvalue weighted by molar-refractivity contribution is 0.207. The monoisotopic (exact) mass is 395 g/mol. The number of nitrogens with zero attached hydrogens (tertiary/aromatic N) is 2. The molecule has 6 heteroatoms. The fourth-order valence-electron chi connectivity index (χ4n) is 3.54. The molecule has 1 aromatic heterocycles. The zero-order valence-corrected chi connectivity index (χ0v) is 17.2. The van der Waals surface area contributed by atoms with Gasteiger partial charge in [-0.2, -0.15) is 0 Å². The van der Waals surface area contributed by atoms with Gasteiger partial charge in [-0.15, -0.1) is 0 Å². The zero-order chi connectivity index (χ0) is 20.2. The third kappa shape index (κ3) is 5.19. The number of piperidine rings is 1. The number of carbonyl (C=O) groups excluding carboxylic acids is 1. The maximum absolute atomic E-state index is 12.5. The Hall–Kier alpha value is -2.76. The molecule has 29 heavy (non-hydrogen) atoms. The van der Waals surface area contributed by atoms with Crippen LogP contribution >= 0.6 is 0 Å². The number of ether oxygens (including phenoxy) is 1. The van der Waals surface area contributed by atoms with E-state index in [0.717, 1.165) is 54.4 Å². The van der Waals surface area contributed by atoms with Crippen molar-refractivity contribution < 1.29 is 14.1 Å². The van der Waals surface area contributed by atoms with Crippen molar-refractivity contribution in [3.63, 3.8) is 0 Å². The third-order valence-electron chi connectivity index (χ3n) is 5.80. The number of aryl methyl sites for hydroxylation is 1. The normalized spacial score (nSPS) is 16.6. The molecular weight excluding hydrogens is 366 g/mol. The molecule has 1 N–H and O–H groups in total. The molecule has 1 saturated heterocycles. The molecule has 154 valence electrons. The van der Waals surface area contributed by atoms with E-state index in [9.17, 15) is 4.79 Å². The van der Waals surface area contributed by atoms with Gasteiger partial charge in [0.05, 0.1) is 6.61 Å². The Morgan fingerprint density at radius 1 is 1.31 bits per heavy atom. The second-order valence-corrected chi connectivity index (χ2v) is 8.09. The minimum Gasteiger partial charge on any atom is -0.494 e. The smallest absolute Gasteiger partial charge is 0.323 e. The van der Waals surface area contributed by atoms with Crippen LogP contribution in [-0.4, -0.2) is 35.8 Å². The molecule has 2 aromatic rings. The highest BCUT2D eigenvalue weighted by Crippen LogP contribution is 2.32. The number of benzene rings is 1. The van der Waals surface area contributed by atoms with Crippen molar-refractivity contribution >= 4 is 17.9 Å². The van der Waals surface area contributed by atoms with Crippen LogP contribution in [0.2, 0.25) is 0 Å². The average Bonchev–Trinajstić information content (AvgIpc) is 3.50. The number of hydrogen-bond donors (Lipinski definition) is 1. The summed E-state index contributed by atoms with van der Waals surface area (Å²) in [6.45, 7) is 5.93. The second kappa shape index (κ2) is 8.72. The highest BCUT2D eigenvalue weighted by Gasteiger charge is 2.22. The molecule has 6 nitrogen and oxygen atoms in total. The lowest BCUT2D eigenvalue weighted by atomic mass is 10.0. The van der Waals surface area contributed by atoms with Gasteiger partial charge in [0.15, 0.2) is 5.82 Å². The fourth-order valence-corrected chi connectivity index (χ4v) is 3.54. The van der Waals surface area contributed by atoms with Crippen LogP contribution in [0.5, 0.6) is 5.75 Å². The van der Waals surface area contributed by atoms with Crippen LogP contribution in [0.15, 0.2) is 34.4 Å². The SMILES string of the molecule is Cc1onc(NC(=O)N2CCC(=Cc3cccc(OCCC4CC4)c3)CC2)c1C. The summed E-state index contributed by atoms with van der Waals surface area (Å²) >= 11 is 0. The Morgan fingerprint density at radius 2 is 2.10 bits per heavy atom. The first kappa shape index (κ1) is 19.6. The number of urea groups is 1. The van der Waals surface area contributed by atoms with Crippen LogP contribution in [0.1, 0.15) is 49.0 Å². The number of carbonyl (C=O) groups is 1. The summed E-state index contributed by atoms with van der Waals surface area (Å²) in [6, 6.07) is 8.16. The molecule has 2 aliphatic rings. The van der Waals surface area contributed by atoms with E-state index < -0.39 is 0 Å². The first-order chi connectivity index (χ1) is 14.1. The molecule has 2 heterocycles. The number of nitrogens with one attached hydrogen (secondary N) is 1. The van der Waals surface area contributed by atoms with Gasteiger partial charge in [-0.05, 0) is 56.7 Å². The lowest BCUT2D eigenvalue weighted by Gasteiger charge is -2.28. The minimum atomic E-state index is -0.119. The highest BCUT2D eigenvalue weighted by molar-refractivity contribution is 5.89. The van der Waals surface area contributed by atoms with Gasteiger partial charge in [-0.1, -0.05) is 41.8 Å². The summed E-state index contributed by atoms with van der Waals surface area (Å²) in [4.78, 5) is 14.3. The summed E-state index contributed by atoms with van der Waals surface area (Å²) in [5.41, 5.74) is 3.39. The molecule has 1 saturated carbocycles. The van der Waals surface area contributed by atoms with Crippen molar-refractivity contribution in [3.05, 3.63) is 46.7 Å². The van der Waals surface area contributed by atoms with Gasteiger partial charge >= 0.3 is 6.03 Å². The van der Waals surface area contributed by atoms with E-state index in [1.807, 2.05) is 30.9 Å². The van der Waals surface area contributed by atoms with Gasteiger partial charge in [0.1, 0.15) is 11.5 Å². The molecular formula is C23H29N3O3. The van der Waals surface area contributed by atoms with Crippen molar-refractivity contribution in [2.45, 2.75) is 46.0 Å². The number of amides is 2. The van der Waals surface area contributed by atoms with Crippen LogP contribution < -0.4 is 10.1 Å². The molecule has 1 aromatic carbocycles. The first-order valence-electron chi connectivity index (χ1n) is 10.5. The van der Waals surface area contributed by atoms with Crippen LogP contribution in [0.3, 0.4) is 0 Å². The largest absolute Gasteiger partial charge is 0.494 e. The molecule has 2 amide bonds. The number of rotatable bonds is 6. The van der Waals surface area contributed by atoms with Gasteiger partial charge < -0.3 is 14.2 Å². The molecule has 0 spiro atoms. The molecule has 0 radical (unpaired) electrons. The van der Waals surface area contributed by atoms with E-state index in [1.165, 1.54) is 18.4 Å². The van der Waals surface area contributed by atoms with Crippen molar-refractivity contribution in [3.8, 4) is 5.75 Å². The maximum Gasteiger partial charge on any atom is 0.323 e. The Bertz CT molecular complexity index is 889. The number of hydrogen-bond acceptors (Lipinski definition) is 4. The van der Waals surface area contributed by atoms with Gasteiger partial charge in [-0.25, -0.2) is 4.79 Å². The summed E-state index contributed by atoms with van der Waals surface area (Å²) in [5, 5.41) is 6.76. The van der Waals surface area contributed by atoms with Crippen LogP contribution in [0, 0.1) is 19.8 Å². The van der Waals surface area contributed by atoms with E-state index in [1.54, 1.807) is 0 Å². The molecule has 0 unspecified atom stereocenters. The van der Waals surface area contributed by atoms with E-state index in [0.29, 0.717) is 18.9 Å². The van der Waals surface area contributed by atoms with Crippen LogP contribution in [0.25, 0.3) is 6.08 Å². The predicted molar refractivity (Wildman–Crippen MR) is 113 cm³/mol. The topological polar surface area (TPSA) is 67.6 Å². The van der Waals surface area contributed by atoms with E-state index in [4.69, 9.17) is 9.26 Å². The maximum atomic E-state index is 12.5. The van der Waals surface area contributed by atoms with Gasteiger partial charge in [0.25, 0.3) is 0 Å². The van der Waals surface area contributed by atoms with Gasteiger partial charge in [-0.3, -0.25) is 5.32 Å². The average molecular weight is 396 g/mol. The number of aromatic nitrogens is 1. The van der Waals surface area contributed by atoms with Crippen molar-refractivity contribution in [1.29, 1.82) is 0 Å². The zero-order valence-electron chi connectivity index (χ0n) is 17.2. The molecule has 1 aliphatic carbocycles. The van der Waals surface area contributed by atoms with Crippen molar-refractivity contribution in [1.82, 2.24) is 10.1 Å². The molecule has 1 aliphatic heterocycles. The first-order valence-corrected chi connectivity index (χ1v) is 10.5. The summed E-state index contributed by atoms with van der Waals surface area (Å²) < 4.78 is 11.0. The molecule has 2 fully saturated rings. The van der Waals surface area contributed by atoms with Gasteiger partial charge in [0, 0.05) is 18.7 Å². The van der Waals surface area contributed by atoms with Gasteiger partial charge in [0.2, 0.25) is 0 Å². The highest BCUT2D eigenvalue weighted by atomic mass is 16.5. The van der Waals surface area contributed by atoms with E-state index >= 15 is 0 Å². The fraction of sp³-hybridized carbons (Fsp3) is 0.478. The predicted octanol–water partition coefficient (Wildman–Crippen LogP) is 5.18. The quantitative estimate of drug-likeness (QED) is 0.732. The Labute approximate surface area is 171 Å². The van der Waals surface area contributed by atoms with E-state index in [-0.39, 0.29) is 6.03 Å². The molecule has 0 bridgehead atoms. The Morgan fingerprint density at radius 3 is 2.79 bits per heavy atom. The number of likely N-dealkylation sites (tertiary alicyclic amines) is 1. The summed E-state index contributed by atoms with van der Waals surface area (Å²) in [6.07, 6.45) is 7.86. The summed E-state index contributed by atoms with van der Waals surface area (Å²) in [5.74, 6) is 3.06. The van der Waals surface area contributed by atoms with Crippen LogP contribution in [-0.2, 0) is 0 Å². The standard InChI is InChI=1S/C23H29N3O3/c1-16-17(2)29-25-22(16)24-23(27)26-11-8-19(9-12-26)14-20-4-3-5-21(15-20)28-13-10-18-6-7-18/h3-5,14-15,18H,6-13H2,1-2H3,(H,24,25,27). The second-order valence-electron chi connectivity index (χ2n) is 8.09. The Balaban J connectivity index is 1.29. The molecule has 4 rings (SSSR count). The Kier molecular flexibility index (Phi) is 5.88. The molecule has 0 atom stereocenters. The van der Waals surface area contributed by atoms with E-state index in [2.05, 4.69) is 28.7 Å². The summed E-state index contributed by atoms with van der Waals surface area (Å²) in [7, 11) is 0.